The summed E-state index contributed by atoms with van der Waals surface area (Å²) >= 11 is 0. The van der Waals surface area contributed by atoms with Crippen molar-refractivity contribution in [3.8, 4) is 5.75 Å². The Morgan fingerprint density at radius 2 is 2.05 bits per heavy atom. The number of carbonyl (C=O) groups excluding carboxylic acids is 1. The van der Waals surface area contributed by atoms with Crippen LogP contribution in [-0.2, 0) is 6.42 Å². The number of carbonyl (C=O) groups is 1. The van der Waals surface area contributed by atoms with E-state index in [1.54, 1.807) is 19.4 Å². The largest absolute Gasteiger partial charge is 0.496 e. The second-order valence-electron chi connectivity index (χ2n) is 5.36. The number of Topliss-reactive ketones (excluding diaryl/α,β-unsaturated/α-hetero) is 1. The predicted octanol–water partition coefficient (Wildman–Crippen LogP) is 3.87. The summed E-state index contributed by atoms with van der Waals surface area (Å²) in [5, 5.41) is 0. The van der Waals surface area contributed by atoms with Gasteiger partial charge in [0.15, 0.2) is 5.78 Å². The number of aromatic nitrogens is 1. The van der Waals surface area contributed by atoms with Gasteiger partial charge in [-0.2, -0.15) is 0 Å². The molecule has 1 heterocycles. The molecule has 0 N–H and O–H groups in total. The lowest BCUT2D eigenvalue weighted by atomic mass is 9.80. The maximum atomic E-state index is 13.5. The molecule has 0 spiro atoms. The lowest BCUT2D eigenvalue weighted by molar-refractivity contribution is 0.0962. The minimum Gasteiger partial charge on any atom is -0.496 e. The van der Waals surface area contributed by atoms with Gasteiger partial charge >= 0.3 is 0 Å². The zero-order valence-corrected chi connectivity index (χ0v) is 13.2. The Hall–Kier alpha value is -1.94. The third-order valence-corrected chi connectivity index (χ3v) is 4.02. The van der Waals surface area contributed by atoms with E-state index in [0.717, 1.165) is 22.4 Å². The number of ether oxygens (including phenoxy) is 1. The highest BCUT2D eigenvalue weighted by Crippen LogP contribution is 2.37. The minimum absolute atomic E-state index is 0. The summed E-state index contributed by atoms with van der Waals surface area (Å²) in [7, 11) is 1.55. The van der Waals surface area contributed by atoms with Gasteiger partial charge in [0.05, 0.1) is 12.8 Å². The average Bonchev–Trinajstić information content (AvgIpc) is 2.47. The number of nitrogens with zero attached hydrogens (tertiary/aromatic N) is 1. The fourth-order valence-corrected chi connectivity index (χ4v) is 3.03. The Labute approximate surface area is 134 Å². The molecule has 1 atom stereocenters. The molecular formula is C17H17ClFNO2. The van der Waals surface area contributed by atoms with Gasteiger partial charge in [0.25, 0.3) is 0 Å². The first kappa shape index (κ1) is 16.4. The molecule has 116 valence electrons. The SMILES string of the molecule is COc1ccc(F)cc1C1CC(=O)c2c(C)ccnc2C1.Cl. The third kappa shape index (κ3) is 2.83. The molecule has 0 saturated heterocycles. The molecule has 0 saturated carbocycles. The van der Waals surface area contributed by atoms with Crippen LogP contribution in [0.3, 0.4) is 0 Å². The van der Waals surface area contributed by atoms with E-state index < -0.39 is 0 Å². The Kier molecular flexibility index (Phi) is 4.81. The number of pyridine rings is 1. The van der Waals surface area contributed by atoms with Crippen molar-refractivity contribution in [1.29, 1.82) is 0 Å². The van der Waals surface area contributed by atoms with E-state index >= 15 is 0 Å². The highest BCUT2D eigenvalue weighted by atomic mass is 35.5. The van der Waals surface area contributed by atoms with E-state index in [1.165, 1.54) is 12.1 Å². The summed E-state index contributed by atoms with van der Waals surface area (Å²) < 4.78 is 18.8. The molecule has 22 heavy (non-hydrogen) atoms. The Bertz CT molecular complexity index is 718. The van der Waals surface area contributed by atoms with Crippen LogP contribution in [0.2, 0.25) is 0 Å². The smallest absolute Gasteiger partial charge is 0.165 e. The second-order valence-corrected chi connectivity index (χ2v) is 5.36. The van der Waals surface area contributed by atoms with Crippen molar-refractivity contribution in [3.63, 3.8) is 0 Å². The Morgan fingerprint density at radius 3 is 2.77 bits per heavy atom. The summed E-state index contributed by atoms with van der Waals surface area (Å²) in [4.78, 5) is 16.7. The van der Waals surface area contributed by atoms with Gasteiger partial charge in [-0.15, -0.1) is 12.4 Å². The van der Waals surface area contributed by atoms with E-state index in [9.17, 15) is 9.18 Å². The van der Waals surface area contributed by atoms with Crippen LogP contribution >= 0.6 is 12.4 Å². The molecule has 1 aromatic carbocycles. The number of rotatable bonds is 2. The van der Waals surface area contributed by atoms with Crippen LogP contribution in [0.5, 0.6) is 5.75 Å². The molecule has 1 unspecified atom stereocenters. The zero-order valence-electron chi connectivity index (χ0n) is 12.4. The first-order valence-corrected chi connectivity index (χ1v) is 6.91. The zero-order chi connectivity index (χ0) is 15.0. The van der Waals surface area contributed by atoms with Crippen LogP contribution in [0.4, 0.5) is 4.39 Å². The third-order valence-electron chi connectivity index (χ3n) is 4.02. The lowest BCUT2D eigenvalue weighted by Gasteiger charge is -2.25. The van der Waals surface area contributed by atoms with Crippen LogP contribution < -0.4 is 4.74 Å². The molecule has 1 aromatic heterocycles. The van der Waals surface area contributed by atoms with Gasteiger partial charge in [0, 0.05) is 29.7 Å². The fraction of sp³-hybridized carbons (Fsp3) is 0.294. The van der Waals surface area contributed by atoms with Crippen LogP contribution in [-0.4, -0.2) is 17.9 Å². The number of ketones is 1. The van der Waals surface area contributed by atoms with Gasteiger partial charge in [-0.05, 0) is 43.2 Å². The van der Waals surface area contributed by atoms with E-state index in [2.05, 4.69) is 4.98 Å². The van der Waals surface area contributed by atoms with Crippen molar-refractivity contribution in [3.05, 3.63) is 58.7 Å². The maximum Gasteiger partial charge on any atom is 0.165 e. The van der Waals surface area contributed by atoms with E-state index in [1.807, 2.05) is 13.0 Å². The lowest BCUT2D eigenvalue weighted by Crippen LogP contribution is -2.21. The minimum atomic E-state index is -0.318. The number of benzene rings is 1. The molecule has 1 aliphatic carbocycles. The average molecular weight is 322 g/mol. The number of hydrogen-bond donors (Lipinski definition) is 0. The van der Waals surface area contributed by atoms with Crippen molar-refractivity contribution >= 4 is 18.2 Å². The molecule has 0 radical (unpaired) electrons. The van der Waals surface area contributed by atoms with Crippen molar-refractivity contribution in [2.24, 2.45) is 0 Å². The van der Waals surface area contributed by atoms with Gasteiger partial charge in [0.2, 0.25) is 0 Å². The standard InChI is InChI=1S/C17H16FNO2.ClH/c1-10-5-6-19-14-7-11(8-15(20)17(10)14)13-9-12(18)3-4-16(13)21-2;/h3-6,9,11H,7-8H2,1-2H3;1H. The molecule has 0 aliphatic heterocycles. The highest BCUT2D eigenvalue weighted by Gasteiger charge is 2.30. The normalized spacial score (nSPS) is 16.7. The molecular weight excluding hydrogens is 305 g/mol. The maximum absolute atomic E-state index is 13.5. The number of aryl methyl sites for hydroxylation is 1. The molecule has 3 rings (SSSR count). The van der Waals surface area contributed by atoms with Crippen LogP contribution in [0.1, 0.15) is 39.5 Å². The van der Waals surface area contributed by atoms with Crippen molar-refractivity contribution in [2.75, 3.05) is 7.11 Å². The van der Waals surface area contributed by atoms with Crippen LogP contribution in [0, 0.1) is 12.7 Å². The number of methoxy groups -OCH3 is 1. The van der Waals surface area contributed by atoms with Crippen LogP contribution in [0.15, 0.2) is 30.5 Å². The topological polar surface area (TPSA) is 39.2 Å². The van der Waals surface area contributed by atoms with Crippen molar-refractivity contribution < 1.29 is 13.9 Å². The summed E-state index contributed by atoms with van der Waals surface area (Å²) in [5.74, 6) is 0.273. The van der Waals surface area contributed by atoms with Gasteiger partial charge in [0.1, 0.15) is 11.6 Å². The van der Waals surface area contributed by atoms with E-state index in [4.69, 9.17) is 4.74 Å². The van der Waals surface area contributed by atoms with Gasteiger partial charge < -0.3 is 4.74 Å². The number of hydrogen-bond acceptors (Lipinski definition) is 3. The Morgan fingerprint density at radius 1 is 1.27 bits per heavy atom. The van der Waals surface area contributed by atoms with Crippen molar-refractivity contribution in [1.82, 2.24) is 4.98 Å². The first-order chi connectivity index (χ1) is 10.1. The van der Waals surface area contributed by atoms with E-state index in [0.29, 0.717) is 18.6 Å². The van der Waals surface area contributed by atoms with Gasteiger partial charge in [-0.3, -0.25) is 9.78 Å². The molecule has 0 amide bonds. The first-order valence-electron chi connectivity index (χ1n) is 6.91. The summed E-state index contributed by atoms with van der Waals surface area (Å²) in [6, 6.07) is 6.27. The second kappa shape index (κ2) is 6.44. The molecule has 0 bridgehead atoms. The van der Waals surface area contributed by atoms with Gasteiger partial charge in [-0.25, -0.2) is 4.39 Å². The summed E-state index contributed by atoms with van der Waals surface area (Å²) in [6.45, 7) is 1.92. The molecule has 0 fully saturated rings. The molecule has 1 aliphatic rings. The van der Waals surface area contributed by atoms with E-state index in [-0.39, 0.29) is 29.9 Å². The van der Waals surface area contributed by atoms with Crippen LogP contribution in [0.25, 0.3) is 0 Å². The Balaban J connectivity index is 0.00000176. The predicted molar refractivity (Wildman–Crippen MR) is 84.6 cm³/mol. The molecule has 3 nitrogen and oxygen atoms in total. The summed E-state index contributed by atoms with van der Waals surface area (Å²) in [5.41, 5.74) is 3.21. The number of fused-ring (bicyclic) bond motifs is 1. The number of halogens is 2. The molecule has 5 heteroatoms. The van der Waals surface area contributed by atoms with Gasteiger partial charge in [-0.1, -0.05) is 0 Å². The monoisotopic (exact) mass is 321 g/mol. The highest BCUT2D eigenvalue weighted by molar-refractivity contribution is 6.00. The quantitative estimate of drug-likeness (QED) is 0.843. The fourth-order valence-electron chi connectivity index (χ4n) is 3.03. The molecule has 2 aromatic rings. The summed E-state index contributed by atoms with van der Waals surface area (Å²) in [6.07, 6.45) is 2.70. The van der Waals surface area contributed by atoms with Crippen molar-refractivity contribution in [2.45, 2.75) is 25.7 Å².